The zero-order valence-electron chi connectivity index (χ0n) is 11.1. The molecule has 1 aromatic rings. The number of hydrogen-bond acceptors (Lipinski definition) is 2. The molecule has 0 radical (unpaired) electrons. The molecule has 0 saturated heterocycles. The maximum Gasteiger partial charge on any atom is 0.335 e. The van der Waals surface area contributed by atoms with Crippen molar-refractivity contribution in [1.82, 2.24) is 0 Å². The fourth-order valence-electron chi connectivity index (χ4n) is 2.58. The second kappa shape index (κ2) is 5.42. The van der Waals surface area contributed by atoms with Gasteiger partial charge in [0, 0.05) is 11.7 Å². The lowest BCUT2D eigenvalue weighted by Gasteiger charge is -2.28. The highest BCUT2D eigenvalue weighted by atomic mass is 16.4. The highest BCUT2D eigenvalue weighted by Crippen LogP contribution is 2.27. The molecule has 3 nitrogen and oxygen atoms in total. The van der Waals surface area contributed by atoms with Crippen LogP contribution < -0.4 is 5.32 Å². The van der Waals surface area contributed by atoms with Gasteiger partial charge < -0.3 is 10.4 Å². The van der Waals surface area contributed by atoms with Crippen LogP contribution in [-0.2, 0) is 0 Å². The van der Waals surface area contributed by atoms with Crippen LogP contribution in [0.4, 0.5) is 5.69 Å². The predicted octanol–water partition coefficient (Wildman–Crippen LogP) is 3.68. The Kier molecular flexibility index (Phi) is 3.90. The summed E-state index contributed by atoms with van der Waals surface area (Å²) in [6.45, 7) is 4.27. The van der Waals surface area contributed by atoms with Gasteiger partial charge >= 0.3 is 5.97 Å². The third-order valence-corrected chi connectivity index (χ3v) is 3.85. The van der Waals surface area contributed by atoms with E-state index in [-0.39, 0.29) is 0 Å². The molecular formula is C15H21NO2. The average molecular weight is 247 g/mol. The largest absolute Gasteiger partial charge is 0.478 e. The Balaban J connectivity index is 2.03. The van der Waals surface area contributed by atoms with Gasteiger partial charge in [-0.15, -0.1) is 0 Å². The molecular weight excluding hydrogens is 226 g/mol. The summed E-state index contributed by atoms with van der Waals surface area (Å²) in [5.41, 5.74) is 2.43. The van der Waals surface area contributed by atoms with Crippen molar-refractivity contribution < 1.29 is 9.90 Å². The summed E-state index contributed by atoms with van der Waals surface area (Å²) in [7, 11) is 0. The third-order valence-electron chi connectivity index (χ3n) is 3.85. The smallest absolute Gasteiger partial charge is 0.335 e. The Bertz CT molecular complexity index is 434. The molecule has 98 valence electrons. The number of nitrogens with one attached hydrogen (secondary N) is 1. The van der Waals surface area contributed by atoms with E-state index in [1.807, 2.05) is 13.0 Å². The molecule has 2 N–H and O–H groups in total. The molecule has 0 amide bonds. The Hall–Kier alpha value is -1.51. The molecule has 0 aromatic heterocycles. The van der Waals surface area contributed by atoms with Gasteiger partial charge in [-0.2, -0.15) is 0 Å². The molecule has 0 bridgehead atoms. The van der Waals surface area contributed by atoms with Crippen LogP contribution in [-0.4, -0.2) is 17.1 Å². The second-order valence-electron chi connectivity index (χ2n) is 5.44. The van der Waals surface area contributed by atoms with E-state index in [1.165, 1.54) is 25.7 Å². The summed E-state index contributed by atoms with van der Waals surface area (Å²) in [6, 6.07) is 5.83. The molecule has 1 aliphatic rings. The molecule has 0 spiro atoms. The van der Waals surface area contributed by atoms with Crippen LogP contribution in [0.1, 0.15) is 48.5 Å². The highest BCUT2D eigenvalue weighted by molar-refractivity contribution is 5.88. The molecule has 1 aromatic carbocycles. The number of carbonyl (C=O) groups is 1. The second-order valence-corrected chi connectivity index (χ2v) is 5.44. The number of anilines is 1. The van der Waals surface area contributed by atoms with Crippen LogP contribution >= 0.6 is 0 Å². The van der Waals surface area contributed by atoms with E-state index in [4.69, 9.17) is 5.11 Å². The lowest BCUT2D eigenvalue weighted by molar-refractivity contribution is 0.0697. The SMILES string of the molecule is Cc1cc(C(=O)O)ccc1NC1CCC(C)CC1. The summed E-state index contributed by atoms with van der Waals surface area (Å²) in [4.78, 5) is 10.9. The van der Waals surface area contributed by atoms with Crippen molar-refractivity contribution in [2.24, 2.45) is 5.92 Å². The van der Waals surface area contributed by atoms with Gasteiger partial charge in [-0.3, -0.25) is 0 Å². The van der Waals surface area contributed by atoms with Crippen LogP contribution in [0.15, 0.2) is 18.2 Å². The third kappa shape index (κ3) is 3.03. The van der Waals surface area contributed by atoms with Crippen LogP contribution in [0.3, 0.4) is 0 Å². The maximum absolute atomic E-state index is 10.9. The highest BCUT2D eigenvalue weighted by Gasteiger charge is 2.18. The van der Waals surface area contributed by atoms with E-state index >= 15 is 0 Å². The summed E-state index contributed by atoms with van der Waals surface area (Å²) in [5.74, 6) is -0.0188. The van der Waals surface area contributed by atoms with Crippen LogP contribution in [0.25, 0.3) is 0 Å². The maximum atomic E-state index is 10.9. The fraction of sp³-hybridized carbons (Fsp3) is 0.533. The topological polar surface area (TPSA) is 49.3 Å². The molecule has 0 atom stereocenters. The van der Waals surface area contributed by atoms with E-state index in [9.17, 15) is 4.79 Å². The van der Waals surface area contributed by atoms with Crippen molar-refractivity contribution in [3.8, 4) is 0 Å². The first kappa shape index (κ1) is 12.9. The number of carboxylic acid groups (broad SMARTS) is 1. The van der Waals surface area contributed by atoms with Crippen LogP contribution in [0.5, 0.6) is 0 Å². The zero-order valence-corrected chi connectivity index (χ0v) is 11.1. The molecule has 2 rings (SSSR count). The number of aryl methyl sites for hydroxylation is 1. The van der Waals surface area contributed by atoms with Gasteiger partial charge in [0.05, 0.1) is 5.56 Å². The lowest BCUT2D eigenvalue weighted by Crippen LogP contribution is -2.25. The van der Waals surface area contributed by atoms with Gasteiger partial charge in [-0.1, -0.05) is 6.92 Å². The van der Waals surface area contributed by atoms with Crippen LogP contribution in [0, 0.1) is 12.8 Å². The van der Waals surface area contributed by atoms with Crippen LogP contribution in [0.2, 0.25) is 0 Å². The number of rotatable bonds is 3. The molecule has 3 heteroatoms. The number of carboxylic acids is 1. The van der Waals surface area contributed by atoms with Gasteiger partial charge in [-0.05, 0) is 62.3 Å². The van der Waals surface area contributed by atoms with E-state index in [1.54, 1.807) is 12.1 Å². The molecule has 0 unspecified atom stereocenters. The zero-order chi connectivity index (χ0) is 13.1. The van der Waals surface area contributed by atoms with E-state index in [0.717, 1.165) is 17.2 Å². The monoisotopic (exact) mass is 247 g/mol. The average Bonchev–Trinajstić information content (AvgIpc) is 2.34. The van der Waals surface area contributed by atoms with E-state index in [2.05, 4.69) is 12.2 Å². The first-order valence-electron chi connectivity index (χ1n) is 6.66. The molecule has 0 aliphatic heterocycles. The summed E-state index contributed by atoms with van der Waals surface area (Å²) < 4.78 is 0. The minimum Gasteiger partial charge on any atom is -0.478 e. The van der Waals surface area contributed by atoms with E-state index < -0.39 is 5.97 Å². The molecule has 0 heterocycles. The van der Waals surface area contributed by atoms with Crippen molar-refractivity contribution in [2.75, 3.05) is 5.32 Å². The van der Waals surface area contributed by atoms with E-state index in [0.29, 0.717) is 11.6 Å². The Morgan fingerprint density at radius 1 is 1.28 bits per heavy atom. The Morgan fingerprint density at radius 2 is 1.94 bits per heavy atom. The summed E-state index contributed by atoms with van der Waals surface area (Å²) >= 11 is 0. The van der Waals surface area contributed by atoms with Gasteiger partial charge in [0.15, 0.2) is 0 Å². The molecule has 1 aliphatic carbocycles. The number of aromatic carboxylic acids is 1. The summed E-state index contributed by atoms with van der Waals surface area (Å²) in [5, 5.41) is 12.5. The molecule has 1 saturated carbocycles. The minimum atomic E-state index is -0.865. The van der Waals surface area contributed by atoms with Crippen molar-refractivity contribution >= 4 is 11.7 Å². The standard InChI is InChI=1S/C15H21NO2/c1-10-3-6-13(7-4-10)16-14-8-5-12(15(17)18)9-11(14)2/h5,8-10,13,16H,3-4,6-7H2,1-2H3,(H,17,18). The van der Waals surface area contributed by atoms with Gasteiger partial charge in [0.25, 0.3) is 0 Å². The first-order valence-corrected chi connectivity index (χ1v) is 6.66. The summed E-state index contributed by atoms with van der Waals surface area (Å²) in [6.07, 6.45) is 4.98. The van der Waals surface area contributed by atoms with Crippen molar-refractivity contribution in [1.29, 1.82) is 0 Å². The van der Waals surface area contributed by atoms with Crippen molar-refractivity contribution in [2.45, 2.75) is 45.6 Å². The molecule has 1 fully saturated rings. The quantitative estimate of drug-likeness (QED) is 0.856. The normalized spacial score (nSPS) is 23.7. The first-order chi connectivity index (χ1) is 8.56. The number of hydrogen-bond donors (Lipinski definition) is 2. The van der Waals surface area contributed by atoms with Gasteiger partial charge in [0.2, 0.25) is 0 Å². The fourth-order valence-corrected chi connectivity index (χ4v) is 2.58. The Morgan fingerprint density at radius 3 is 2.50 bits per heavy atom. The minimum absolute atomic E-state index is 0.357. The number of benzene rings is 1. The molecule has 18 heavy (non-hydrogen) atoms. The van der Waals surface area contributed by atoms with Crippen molar-refractivity contribution in [3.05, 3.63) is 29.3 Å². The van der Waals surface area contributed by atoms with Gasteiger partial charge in [0.1, 0.15) is 0 Å². The predicted molar refractivity (Wildman–Crippen MR) is 73.2 cm³/mol. The van der Waals surface area contributed by atoms with Gasteiger partial charge in [-0.25, -0.2) is 4.79 Å². The van der Waals surface area contributed by atoms with Crippen molar-refractivity contribution in [3.63, 3.8) is 0 Å². The lowest BCUT2D eigenvalue weighted by atomic mass is 9.87. The Labute approximate surface area is 108 Å².